The molecule has 0 aliphatic carbocycles. The minimum absolute atomic E-state index is 0.623. The van der Waals surface area contributed by atoms with Crippen molar-refractivity contribution >= 4 is 17.4 Å². The van der Waals surface area contributed by atoms with Gasteiger partial charge in [-0.05, 0) is 37.4 Å². The molecule has 1 aliphatic rings. The zero-order valence-corrected chi connectivity index (χ0v) is 13.4. The summed E-state index contributed by atoms with van der Waals surface area (Å²) in [6, 6.07) is 2.79. The van der Waals surface area contributed by atoms with Gasteiger partial charge < -0.3 is 10.2 Å². The Bertz CT molecular complexity index is 422. The fourth-order valence-electron chi connectivity index (χ4n) is 2.92. The van der Waals surface area contributed by atoms with E-state index in [4.69, 9.17) is 11.6 Å². The number of hydrogen-bond acceptors (Lipinski definition) is 3. The van der Waals surface area contributed by atoms with Crippen LogP contribution in [0.2, 0.25) is 5.02 Å². The summed E-state index contributed by atoms with van der Waals surface area (Å²) in [6.45, 7) is 7.27. The number of nitrogens with one attached hydrogen (secondary N) is 1. The van der Waals surface area contributed by atoms with Gasteiger partial charge in [0.15, 0.2) is 0 Å². The Morgan fingerprint density at radius 3 is 2.95 bits per heavy atom. The van der Waals surface area contributed by atoms with Crippen LogP contribution in [-0.2, 0) is 6.54 Å². The summed E-state index contributed by atoms with van der Waals surface area (Å²) < 4.78 is 0. The number of anilines is 1. The van der Waals surface area contributed by atoms with Crippen LogP contribution >= 0.6 is 11.6 Å². The SMILES string of the molecule is CCNCc1cc(N2CCCCCC2CC)ncc1Cl. The molecule has 0 radical (unpaired) electrons. The van der Waals surface area contributed by atoms with E-state index in [2.05, 4.69) is 35.1 Å². The van der Waals surface area contributed by atoms with Crippen LogP contribution < -0.4 is 10.2 Å². The van der Waals surface area contributed by atoms with Gasteiger partial charge in [-0.3, -0.25) is 0 Å². The predicted octanol–water partition coefficient (Wildman–Crippen LogP) is 4.00. The molecule has 1 fully saturated rings. The van der Waals surface area contributed by atoms with Gasteiger partial charge in [-0.1, -0.05) is 38.3 Å². The number of rotatable bonds is 5. The Kier molecular flexibility index (Phi) is 6.11. The van der Waals surface area contributed by atoms with Gasteiger partial charge in [0, 0.05) is 25.3 Å². The topological polar surface area (TPSA) is 28.2 Å². The summed E-state index contributed by atoms with van der Waals surface area (Å²) in [7, 11) is 0. The van der Waals surface area contributed by atoms with Crippen LogP contribution in [0.1, 0.15) is 51.5 Å². The van der Waals surface area contributed by atoms with E-state index >= 15 is 0 Å². The van der Waals surface area contributed by atoms with Crippen molar-refractivity contribution in [2.45, 2.75) is 58.5 Å². The zero-order valence-electron chi connectivity index (χ0n) is 12.7. The van der Waals surface area contributed by atoms with Gasteiger partial charge in [-0.15, -0.1) is 0 Å². The van der Waals surface area contributed by atoms with Crippen LogP contribution in [0.25, 0.3) is 0 Å². The van der Waals surface area contributed by atoms with E-state index in [0.29, 0.717) is 6.04 Å². The van der Waals surface area contributed by atoms with Crippen LogP contribution in [-0.4, -0.2) is 24.1 Å². The average Bonchev–Trinajstić information content (AvgIpc) is 2.71. The van der Waals surface area contributed by atoms with Crippen LogP contribution in [0, 0.1) is 0 Å². The maximum Gasteiger partial charge on any atom is 0.129 e. The van der Waals surface area contributed by atoms with Crippen LogP contribution in [0.15, 0.2) is 12.3 Å². The third-order valence-electron chi connectivity index (χ3n) is 4.13. The lowest BCUT2D eigenvalue weighted by Crippen LogP contribution is -2.35. The standard InChI is InChI=1S/C16H26ClN3/c1-3-14-8-6-5-7-9-20(14)16-10-13(11-18-4-2)15(17)12-19-16/h10,12,14,18H,3-9,11H2,1-2H3. The summed E-state index contributed by atoms with van der Waals surface area (Å²) in [4.78, 5) is 7.06. The number of hydrogen-bond donors (Lipinski definition) is 1. The number of aromatic nitrogens is 1. The van der Waals surface area contributed by atoms with Crippen molar-refractivity contribution in [3.8, 4) is 0 Å². The minimum atomic E-state index is 0.623. The molecule has 1 unspecified atom stereocenters. The molecule has 2 rings (SSSR count). The number of pyridine rings is 1. The second kappa shape index (κ2) is 7.84. The molecule has 4 heteroatoms. The van der Waals surface area contributed by atoms with Crippen LogP contribution in [0.3, 0.4) is 0 Å². The predicted molar refractivity (Wildman–Crippen MR) is 86.5 cm³/mol. The highest BCUT2D eigenvalue weighted by molar-refractivity contribution is 6.31. The Hall–Kier alpha value is -0.800. The van der Waals surface area contributed by atoms with Crippen molar-refractivity contribution in [1.82, 2.24) is 10.3 Å². The Labute approximate surface area is 127 Å². The Balaban J connectivity index is 2.20. The van der Waals surface area contributed by atoms with E-state index in [-0.39, 0.29) is 0 Å². The van der Waals surface area contributed by atoms with Gasteiger partial charge in [0.25, 0.3) is 0 Å². The largest absolute Gasteiger partial charge is 0.354 e. The smallest absolute Gasteiger partial charge is 0.129 e. The molecule has 0 spiro atoms. The average molecular weight is 296 g/mol. The maximum atomic E-state index is 6.25. The summed E-state index contributed by atoms with van der Waals surface area (Å²) in [5.74, 6) is 1.09. The van der Waals surface area contributed by atoms with Crippen molar-refractivity contribution in [1.29, 1.82) is 0 Å². The van der Waals surface area contributed by atoms with E-state index in [1.54, 1.807) is 6.20 Å². The zero-order chi connectivity index (χ0) is 14.4. The summed E-state index contributed by atoms with van der Waals surface area (Å²) in [6.07, 6.45) is 8.22. The maximum absolute atomic E-state index is 6.25. The highest BCUT2D eigenvalue weighted by Crippen LogP contribution is 2.27. The van der Waals surface area contributed by atoms with Crippen LogP contribution in [0.4, 0.5) is 5.82 Å². The van der Waals surface area contributed by atoms with Crippen molar-refractivity contribution in [3.63, 3.8) is 0 Å². The Morgan fingerprint density at radius 1 is 1.35 bits per heavy atom. The molecular weight excluding hydrogens is 270 g/mol. The monoisotopic (exact) mass is 295 g/mol. The molecule has 0 saturated carbocycles. The molecule has 1 N–H and O–H groups in total. The van der Waals surface area contributed by atoms with Crippen molar-refractivity contribution in [3.05, 3.63) is 22.8 Å². The van der Waals surface area contributed by atoms with Gasteiger partial charge in [-0.25, -0.2) is 4.98 Å². The normalized spacial score (nSPS) is 19.9. The fourth-order valence-corrected chi connectivity index (χ4v) is 3.09. The van der Waals surface area contributed by atoms with Crippen molar-refractivity contribution in [2.24, 2.45) is 0 Å². The number of nitrogens with zero attached hydrogens (tertiary/aromatic N) is 2. The van der Waals surface area contributed by atoms with Crippen molar-refractivity contribution < 1.29 is 0 Å². The van der Waals surface area contributed by atoms with Gasteiger partial charge in [0.2, 0.25) is 0 Å². The molecule has 1 aromatic rings. The lowest BCUT2D eigenvalue weighted by molar-refractivity contribution is 0.552. The first kappa shape index (κ1) is 15.6. The number of halogens is 1. The molecule has 3 nitrogen and oxygen atoms in total. The van der Waals surface area contributed by atoms with Gasteiger partial charge in [0.05, 0.1) is 5.02 Å². The molecule has 1 atom stereocenters. The van der Waals surface area contributed by atoms with E-state index in [9.17, 15) is 0 Å². The highest BCUT2D eigenvalue weighted by Gasteiger charge is 2.21. The molecule has 2 heterocycles. The molecule has 1 saturated heterocycles. The molecule has 1 aromatic heterocycles. The molecule has 0 aromatic carbocycles. The third kappa shape index (κ3) is 3.86. The van der Waals surface area contributed by atoms with Gasteiger partial charge in [0.1, 0.15) is 5.82 Å². The lowest BCUT2D eigenvalue weighted by Gasteiger charge is -2.30. The molecule has 20 heavy (non-hydrogen) atoms. The molecule has 0 amide bonds. The second-order valence-corrected chi connectivity index (χ2v) is 5.93. The summed E-state index contributed by atoms with van der Waals surface area (Å²) >= 11 is 6.25. The Morgan fingerprint density at radius 2 is 2.20 bits per heavy atom. The lowest BCUT2D eigenvalue weighted by atomic mass is 10.1. The van der Waals surface area contributed by atoms with E-state index in [0.717, 1.165) is 36.0 Å². The van der Waals surface area contributed by atoms with Gasteiger partial charge in [-0.2, -0.15) is 0 Å². The summed E-state index contributed by atoms with van der Waals surface area (Å²) in [5.41, 5.74) is 1.15. The minimum Gasteiger partial charge on any atom is -0.354 e. The molecule has 1 aliphatic heterocycles. The molecule has 0 bridgehead atoms. The first-order valence-electron chi connectivity index (χ1n) is 7.88. The molecular formula is C16H26ClN3. The first-order chi connectivity index (χ1) is 9.76. The highest BCUT2D eigenvalue weighted by atomic mass is 35.5. The molecule has 112 valence electrons. The van der Waals surface area contributed by atoms with E-state index in [1.807, 2.05) is 0 Å². The third-order valence-corrected chi connectivity index (χ3v) is 4.47. The second-order valence-electron chi connectivity index (χ2n) is 5.52. The van der Waals surface area contributed by atoms with E-state index < -0.39 is 0 Å². The first-order valence-corrected chi connectivity index (χ1v) is 8.25. The van der Waals surface area contributed by atoms with Crippen molar-refractivity contribution in [2.75, 3.05) is 18.0 Å². The quantitative estimate of drug-likeness (QED) is 0.890. The van der Waals surface area contributed by atoms with E-state index in [1.165, 1.54) is 32.1 Å². The fraction of sp³-hybridized carbons (Fsp3) is 0.688. The summed E-state index contributed by atoms with van der Waals surface area (Å²) in [5, 5.41) is 4.10. The van der Waals surface area contributed by atoms with Crippen LogP contribution in [0.5, 0.6) is 0 Å². The van der Waals surface area contributed by atoms with Gasteiger partial charge >= 0.3 is 0 Å².